The highest BCUT2D eigenvalue weighted by atomic mass is 35.5. The first-order valence-electron chi connectivity index (χ1n) is 11.1. The highest BCUT2D eigenvalue weighted by molar-refractivity contribution is 6.31. The van der Waals surface area contributed by atoms with Gasteiger partial charge in [0.15, 0.2) is 5.69 Å². The van der Waals surface area contributed by atoms with Gasteiger partial charge in [-0.3, -0.25) is 0 Å². The van der Waals surface area contributed by atoms with E-state index in [1.165, 1.54) is 0 Å². The Labute approximate surface area is 200 Å². The smallest absolute Gasteiger partial charge is 0.358 e. The summed E-state index contributed by atoms with van der Waals surface area (Å²) in [5.41, 5.74) is 6.71. The maximum absolute atomic E-state index is 12.6. The molecular formula is C26H20ClN5O2. The number of esters is 1. The number of aromatic nitrogens is 5. The highest BCUT2D eigenvalue weighted by Gasteiger charge is 2.27. The molecule has 0 bridgehead atoms. The highest BCUT2D eigenvalue weighted by Crippen LogP contribution is 2.36. The second-order valence-corrected chi connectivity index (χ2v) is 8.60. The monoisotopic (exact) mass is 469 g/mol. The van der Waals surface area contributed by atoms with Crippen molar-refractivity contribution in [3.63, 3.8) is 0 Å². The van der Waals surface area contributed by atoms with E-state index in [1.54, 1.807) is 13.3 Å². The molecule has 3 aromatic heterocycles. The third-order valence-corrected chi connectivity index (χ3v) is 6.34. The summed E-state index contributed by atoms with van der Waals surface area (Å²) >= 11 is 6.39. The number of ether oxygens (including phenoxy) is 1. The number of nitrogens with zero attached hydrogens (tertiary/aromatic N) is 4. The fraction of sp³-hybridized carbons (Fsp3) is 0.154. The SMILES string of the molecule is CCOC(=O)c1ncn2c1Cc1cnc(Cc3c[nH]c4ccccc34)nc1-c1cc(Cl)ccc1-2. The Morgan fingerprint density at radius 1 is 1.21 bits per heavy atom. The Bertz CT molecular complexity index is 1570. The van der Waals surface area contributed by atoms with Gasteiger partial charge in [0, 0.05) is 52.3 Å². The Morgan fingerprint density at radius 2 is 2.09 bits per heavy atom. The molecule has 1 aliphatic rings. The molecule has 0 unspecified atom stereocenters. The molecule has 0 saturated heterocycles. The van der Waals surface area contributed by atoms with Crippen LogP contribution in [0.4, 0.5) is 0 Å². The third-order valence-electron chi connectivity index (χ3n) is 6.10. The van der Waals surface area contributed by atoms with E-state index in [-0.39, 0.29) is 6.61 Å². The molecule has 168 valence electrons. The van der Waals surface area contributed by atoms with Gasteiger partial charge < -0.3 is 14.3 Å². The van der Waals surface area contributed by atoms with Crippen molar-refractivity contribution in [1.29, 1.82) is 0 Å². The van der Waals surface area contributed by atoms with Crippen LogP contribution < -0.4 is 0 Å². The van der Waals surface area contributed by atoms with Crippen LogP contribution in [0.5, 0.6) is 0 Å². The number of nitrogens with one attached hydrogen (secondary N) is 1. The number of hydrogen-bond acceptors (Lipinski definition) is 5. The predicted octanol–water partition coefficient (Wildman–Crippen LogP) is 5.14. The van der Waals surface area contributed by atoms with Crippen LogP contribution in [0.25, 0.3) is 27.8 Å². The van der Waals surface area contributed by atoms with E-state index in [9.17, 15) is 4.79 Å². The first kappa shape index (κ1) is 20.6. The maximum Gasteiger partial charge on any atom is 0.358 e. The number of benzene rings is 2. The van der Waals surface area contributed by atoms with Crippen molar-refractivity contribution in [2.75, 3.05) is 6.61 Å². The van der Waals surface area contributed by atoms with Crippen molar-refractivity contribution in [2.45, 2.75) is 19.8 Å². The van der Waals surface area contributed by atoms with Crippen molar-refractivity contribution in [3.8, 4) is 16.9 Å². The van der Waals surface area contributed by atoms with Gasteiger partial charge in [-0.2, -0.15) is 0 Å². The first-order chi connectivity index (χ1) is 16.6. The largest absolute Gasteiger partial charge is 0.461 e. The van der Waals surface area contributed by atoms with E-state index in [0.29, 0.717) is 29.4 Å². The summed E-state index contributed by atoms with van der Waals surface area (Å²) in [6.45, 7) is 2.07. The van der Waals surface area contributed by atoms with Gasteiger partial charge in [-0.15, -0.1) is 0 Å². The molecule has 0 amide bonds. The summed E-state index contributed by atoms with van der Waals surface area (Å²) < 4.78 is 7.15. The molecule has 5 aromatic rings. The fourth-order valence-electron chi connectivity index (χ4n) is 4.55. The van der Waals surface area contributed by atoms with Crippen LogP contribution in [0.1, 0.15) is 40.1 Å². The number of rotatable bonds is 4. The van der Waals surface area contributed by atoms with Crippen LogP contribution >= 0.6 is 11.6 Å². The van der Waals surface area contributed by atoms with Crippen LogP contribution in [-0.2, 0) is 17.6 Å². The minimum Gasteiger partial charge on any atom is -0.461 e. The quantitative estimate of drug-likeness (QED) is 0.361. The van der Waals surface area contributed by atoms with Crippen molar-refractivity contribution >= 4 is 28.5 Å². The standard InChI is InChI=1S/C26H20ClN5O2/c1-2-34-26(33)25-22-9-16-13-29-23(10-15-12-28-20-6-4-3-5-18(15)20)31-24(16)19-11-17(27)7-8-21(19)32(22)14-30-25/h3-8,11-14,28H,2,9-10H2,1H3. The van der Waals surface area contributed by atoms with Gasteiger partial charge in [0.2, 0.25) is 0 Å². The number of fused-ring (bicyclic) bond motifs is 6. The Balaban J connectivity index is 1.48. The molecule has 0 aliphatic carbocycles. The fourth-order valence-corrected chi connectivity index (χ4v) is 4.72. The van der Waals surface area contributed by atoms with Crippen LogP contribution in [0.15, 0.2) is 61.2 Å². The second-order valence-electron chi connectivity index (χ2n) is 8.16. The van der Waals surface area contributed by atoms with Crippen molar-refractivity contribution in [1.82, 2.24) is 24.5 Å². The van der Waals surface area contributed by atoms with Crippen LogP contribution in [0, 0.1) is 0 Å². The average Bonchev–Trinajstić information content (AvgIpc) is 3.41. The zero-order valence-corrected chi connectivity index (χ0v) is 19.1. The molecule has 4 heterocycles. The van der Waals surface area contributed by atoms with Crippen LogP contribution in [0.3, 0.4) is 0 Å². The van der Waals surface area contributed by atoms with Gasteiger partial charge >= 0.3 is 5.97 Å². The van der Waals surface area contributed by atoms with Crippen molar-refractivity contribution < 1.29 is 9.53 Å². The minimum absolute atomic E-state index is 0.286. The van der Waals surface area contributed by atoms with E-state index >= 15 is 0 Å². The molecule has 0 saturated carbocycles. The number of hydrogen-bond donors (Lipinski definition) is 1. The van der Waals surface area contributed by atoms with E-state index in [0.717, 1.165) is 44.7 Å². The Kier molecular flexibility index (Phi) is 4.92. The lowest BCUT2D eigenvalue weighted by atomic mass is 10.0. The molecule has 0 fully saturated rings. The third kappa shape index (κ3) is 3.36. The number of imidazole rings is 1. The van der Waals surface area contributed by atoms with Crippen molar-refractivity contribution in [3.05, 3.63) is 94.5 Å². The lowest BCUT2D eigenvalue weighted by Gasteiger charge is -2.11. The van der Waals surface area contributed by atoms with Crippen LogP contribution in [0.2, 0.25) is 5.02 Å². The zero-order valence-electron chi connectivity index (χ0n) is 18.4. The van der Waals surface area contributed by atoms with Gasteiger partial charge in [-0.05, 0) is 36.8 Å². The maximum atomic E-state index is 12.6. The van der Waals surface area contributed by atoms with Gasteiger partial charge in [-0.1, -0.05) is 29.8 Å². The molecule has 1 aliphatic heterocycles. The summed E-state index contributed by atoms with van der Waals surface area (Å²) in [6, 6.07) is 13.8. The van der Waals surface area contributed by atoms with Crippen LogP contribution in [-0.4, -0.2) is 37.1 Å². The first-order valence-corrected chi connectivity index (χ1v) is 11.4. The minimum atomic E-state index is -0.438. The Morgan fingerprint density at radius 3 is 2.97 bits per heavy atom. The molecule has 0 radical (unpaired) electrons. The van der Waals surface area contributed by atoms with E-state index < -0.39 is 5.97 Å². The summed E-state index contributed by atoms with van der Waals surface area (Å²) in [7, 11) is 0. The number of aromatic amines is 1. The van der Waals surface area contributed by atoms with Crippen molar-refractivity contribution in [2.24, 2.45) is 0 Å². The number of para-hydroxylation sites is 1. The van der Waals surface area contributed by atoms with Gasteiger partial charge in [-0.25, -0.2) is 19.7 Å². The summed E-state index contributed by atoms with van der Waals surface area (Å²) in [5.74, 6) is 0.275. The molecule has 0 atom stereocenters. The molecular weight excluding hydrogens is 450 g/mol. The lowest BCUT2D eigenvalue weighted by molar-refractivity contribution is 0.0519. The van der Waals surface area contributed by atoms with E-state index in [1.807, 2.05) is 47.3 Å². The van der Waals surface area contributed by atoms with E-state index in [4.69, 9.17) is 21.3 Å². The summed E-state index contributed by atoms with van der Waals surface area (Å²) in [5, 5.41) is 1.77. The van der Waals surface area contributed by atoms with E-state index in [2.05, 4.69) is 27.1 Å². The molecule has 8 heteroatoms. The van der Waals surface area contributed by atoms with Gasteiger partial charge in [0.25, 0.3) is 0 Å². The lowest BCUT2D eigenvalue weighted by Crippen LogP contribution is -2.10. The molecule has 2 aromatic carbocycles. The molecule has 7 nitrogen and oxygen atoms in total. The zero-order chi connectivity index (χ0) is 23.2. The molecule has 1 N–H and O–H groups in total. The average molecular weight is 470 g/mol. The topological polar surface area (TPSA) is 85.7 Å². The predicted molar refractivity (Wildman–Crippen MR) is 129 cm³/mol. The Hall–Kier alpha value is -3.97. The number of carbonyl (C=O) groups excluding carboxylic acids is 1. The second kappa shape index (κ2) is 8.11. The molecule has 0 spiro atoms. The summed E-state index contributed by atoms with van der Waals surface area (Å²) in [4.78, 5) is 29.9. The molecule has 34 heavy (non-hydrogen) atoms. The number of carbonyl (C=O) groups is 1. The number of halogens is 1. The van der Waals surface area contributed by atoms with Gasteiger partial charge in [0.1, 0.15) is 12.2 Å². The number of H-pyrrole nitrogens is 1. The molecule has 6 rings (SSSR count). The summed E-state index contributed by atoms with van der Waals surface area (Å²) in [6.07, 6.45) is 6.54. The van der Waals surface area contributed by atoms with Gasteiger partial charge in [0.05, 0.1) is 23.7 Å². The normalized spacial score (nSPS) is 12.1.